The molecule has 1 saturated heterocycles. The van der Waals surface area contributed by atoms with E-state index >= 15 is 0 Å². The Labute approximate surface area is 125 Å². The predicted octanol–water partition coefficient (Wildman–Crippen LogP) is 1.84. The molecule has 1 aromatic heterocycles. The molecule has 2 rings (SSSR count). The largest absolute Gasteiger partial charge is 0.464 e. The summed E-state index contributed by atoms with van der Waals surface area (Å²) >= 11 is 5.94. The van der Waals surface area contributed by atoms with E-state index in [2.05, 4.69) is 38.6 Å². The van der Waals surface area contributed by atoms with Gasteiger partial charge in [-0.05, 0) is 38.0 Å². The third-order valence-corrected chi connectivity index (χ3v) is 3.79. The fraction of sp³-hybridized carbons (Fsp3) is 0.769. The molecular formula is C13H22ClN5O. The molecule has 0 aromatic carbocycles. The van der Waals surface area contributed by atoms with E-state index in [9.17, 15) is 0 Å². The molecule has 112 valence electrons. The molecule has 2 heterocycles. The lowest BCUT2D eigenvalue weighted by Crippen LogP contribution is -2.37. The Kier molecular flexibility index (Phi) is 5.37. The maximum Gasteiger partial charge on any atom is 0.322 e. The van der Waals surface area contributed by atoms with Crippen molar-refractivity contribution in [2.45, 2.75) is 33.2 Å². The lowest BCUT2D eigenvalue weighted by Gasteiger charge is -2.26. The van der Waals surface area contributed by atoms with Crippen LogP contribution in [0, 0.1) is 0 Å². The van der Waals surface area contributed by atoms with E-state index in [0.717, 1.165) is 32.6 Å². The van der Waals surface area contributed by atoms with Crippen LogP contribution in [0.4, 0.5) is 5.95 Å². The highest BCUT2D eigenvalue weighted by molar-refractivity contribution is 6.28. The third kappa shape index (κ3) is 3.49. The maximum absolute atomic E-state index is 5.94. The molecule has 7 heteroatoms. The van der Waals surface area contributed by atoms with Crippen molar-refractivity contribution in [1.82, 2.24) is 19.9 Å². The first-order valence-electron chi connectivity index (χ1n) is 7.21. The predicted molar refractivity (Wildman–Crippen MR) is 79.5 cm³/mol. The molecule has 20 heavy (non-hydrogen) atoms. The molecule has 1 aromatic rings. The fourth-order valence-corrected chi connectivity index (χ4v) is 2.77. The summed E-state index contributed by atoms with van der Waals surface area (Å²) in [6.45, 7) is 10.8. The van der Waals surface area contributed by atoms with Gasteiger partial charge in [0.05, 0.1) is 6.61 Å². The van der Waals surface area contributed by atoms with Crippen LogP contribution in [0.1, 0.15) is 27.2 Å². The lowest BCUT2D eigenvalue weighted by atomic mass is 10.2. The van der Waals surface area contributed by atoms with Crippen molar-refractivity contribution in [3.05, 3.63) is 5.28 Å². The van der Waals surface area contributed by atoms with Crippen LogP contribution < -0.4 is 9.64 Å². The van der Waals surface area contributed by atoms with Gasteiger partial charge in [-0.15, -0.1) is 0 Å². The summed E-state index contributed by atoms with van der Waals surface area (Å²) < 4.78 is 5.32. The fourth-order valence-electron chi connectivity index (χ4n) is 2.62. The van der Waals surface area contributed by atoms with Gasteiger partial charge in [-0.1, -0.05) is 13.8 Å². The zero-order valence-corrected chi connectivity index (χ0v) is 13.1. The molecule has 0 aliphatic carbocycles. The lowest BCUT2D eigenvalue weighted by molar-refractivity contribution is 0.232. The molecule has 0 amide bonds. The highest BCUT2D eigenvalue weighted by Gasteiger charge is 2.28. The van der Waals surface area contributed by atoms with Crippen LogP contribution in [-0.4, -0.2) is 58.7 Å². The zero-order chi connectivity index (χ0) is 14.5. The van der Waals surface area contributed by atoms with Crippen molar-refractivity contribution < 1.29 is 4.74 Å². The SMILES string of the molecule is CCOc1nc(Cl)nc(N2CCC(N(CC)CC)C2)n1. The van der Waals surface area contributed by atoms with Gasteiger partial charge in [0.25, 0.3) is 0 Å². The maximum atomic E-state index is 5.94. The summed E-state index contributed by atoms with van der Waals surface area (Å²) in [6.07, 6.45) is 1.12. The van der Waals surface area contributed by atoms with Crippen LogP contribution in [0.25, 0.3) is 0 Å². The smallest absolute Gasteiger partial charge is 0.322 e. The summed E-state index contributed by atoms with van der Waals surface area (Å²) in [5.41, 5.74) is 0. The topological polar surface area (TPSA) is 54.4 Å². The molecule has 6 nitrogen and oxygen atoms in total. The van der Waals surface area contributed by atoms with Gasteiger partial charge in [-0.25, -0.2) is 0 Å². The van der Waals surface area contributed by atoms with Gasteiger partial charge in [0.15, 0.2) is 0 Å². The van der Waals surface area contributed by atoms with Gasteiger partial charge in [0, 0.05) is 19.1 Å². The first kappa shape index (κ1) is 15.3. The quantitative estimate of drug-likeness (QED) is 0.799. The standard InChI is InChI=1S/C13H22ClN5O/c1-4-18(5-2)10-7-8-19(9-10)12-15-11(14)16-13(17-12)20-6-3/h10H,4-9H2,1-3H3. The van der Waals surface area contributed by atoms with Crippen molar-refractivity contribution in [2.75, 3.05) is 37.7 Å². The molecule has 1 atom stereocenters. The number of rotatable bonds is 6. The number of hydrogen-bond acceptors (Lipinski definition) is 6. The Morgan fingerprint density at radius 1 is 1.25 bits per heavy atom. The van der Waals surface area contributed by atoms with Crippen molar-refractivity contribution >= 4 is 17.5 Å². The van der Waals surface area contributed by atoms with Crippen LogP contribution in [0.15, 0.2) is 0 Å². The van der Waals surface area contributed by atoms with E-state index in [1.807, 2.05) is 6.92 Å². The van der Waals surface area contributed by atoms with Crippen LogP contribution in [0.3, 0.4) is 0 Å². The van der Waals surface area contributed by atoms with Crippen LogP contribution in [0.2, 0.25) is 5.28 Å². The van der Waals surface area contributed by atoms with E-state index in [4.69, 9.17) is 16.3 Å². The minimum atomic E-state index is 0.185. The number of anilines is 1. The second-order valence-corrected chi connectivity index (χ2v) is 5.07. The van der Waals surface area contributed by atoms with Crippen LogP contribution >= 0.6 is 11.6 Å². The van der Waals surface area contributed by atoms with Gasteiger partial charge in [0.1, 0.15) is 0 Å². The molecule has 1 aliphatic rings. The molecule has 0 N–H and O–H groups in total. The molecule has 0 spiro atoms. The Hall–Kier alpha value is -1.14. The van der Waals surface area contributed by atoms with Crippen LogP contribution in [0.5, 0.6) is 6.01 Å². The average Bonchev–Trinajstić information content (AvgIpc) is 2.90. The summed E-state index contributed by atoms with van der Waals surface area (Å²) in [4.78, 5) is 17.1. The Morgan fingerprint density at radius 3 is 2.65 bits per heavy atom. The number of ether oxygens (including phenoxy) is 1. The molecule has 0 saturated carbocycles. The van der Waals surface area contributed by atoms with Crippen molar-refractivity contribution in [3.8, 4) is 6.01 Å². The average molecular weight is 300 g/mol. The zero-order valence-electron chi connectivity index (χ0n) is 12.3. The number of halogens is 1. The Balaban J connectivity index is 2.09. The molecule has 0 bridgehead atoms. The summed E-state index contributed by atoms with van der Waals surface area (Å²) in [7, 11) is 0. The van der Waals surface area contributed by atoms with Gasteiger partial charge in [-0.3, -0.25) is 4.90 Å². The second kappa shape index (κ2) is 7.04. The Bertz CT molecular complexity index is 441. The number of aromatic nitrogens is 3. The van der Waals surface area contributed by atoms with Crippen LogP contribution in [-0.2, 0) is 0 Å². The molecular weight excluding hydrogens is 278 g/mol. The van der Waals surface area contributed by atoms with Crippen molar-refractivity contribution in [2.24, 2.45) is 0 Å². The summed E-state index contributed by atoms with van der Waals surface area (Å²) in [6, 6.07) is 0.852. The first-order valence-corrected chi connectivity index (χ1v) is 7.59. The highest BCUT2D eigenvalue weighted by Crippen LogP contribution is 2.22. The van der Waals surface area contributed by atoms with Gasteiger partial charge >= 0.3 is 6.01 Å². The second-order valence-electron chi connectivity index (χ2n) is 4.73. The Morgan fingerprint density at radius 2 is 2.00 bits per heavy atom. The third-order valence-electron chi connectivity index (χ3n) is 3.62. The van der Waals surface area contributed by atoms with E-state index in [1.165, 1.54) is 0 Å². The monoisotopic (exact) mass is 299 g/mol. The van der Waals surface area contributed by atoms with E-state index in [-0.39, 0.29) is 5.28 Å². The minimum Gasteiger partial charge on any atom is -0.464 e. The first-order chi connectivity index (χ1) is 9.67. The van der Waals surface area contributed by atoms with E-state index in [0.29, 0.717) is 24.6 Å². The normalized spacial score (nSPS) is 18.9. The number of likely N-dealkylation sites (N-methyl/N-ethyl adjacent to an activating group) is 1. The number of hydrogen-bond donors (Lipinski definition) is 0. The van der Waals surface area contributed by atoms with Gasteiger partial charge in [-0.2, -0.15) is 15.0 Å². The van der Waals surface area contributed by atoms with Crippen molar-refractivity contribution in [1.29, 1.82) is 0 Å². The molecule has 1 aliphatic heterocycles. The molecule has 0 radical (unpaired) electrons. The highest BCUT2D eigenvalue weighted by atomic mass is 35.5. The van der Waals surface area contributed by atoms with Gasteiger partial charge < -0.3 is 9.64 Å². The minimum absolute atomic E-state index is 0.185. The van der Waals surface area contributed by atoms with Crippen molar-refractivity contribution in [3.63, 3.8) is 0 Å². The van der Waals surface area contributed by atoms with E-state index < -0.39 is 0 Å². The molecule has 1 unspecified atom stereocenters. The van der Waals surface area contributed by atoms with Gasteiger partial charge in [0.2, 0.25) is 11.2 Å². The summed E-state index contributed by atoms with van der Waals surface area (Å²) in [5.74, 6) is 0.614. The van der Waals surface area contributed by atoms with E-state index in [1.54, 1.807) is 0 Å². The number of nitrogens with zero attached hydrogens (tertiary/aromatic N) is 5. The molecule has 1 fully saturated rings. The summed E-state index contributed by atoms with van der Waals surface area (Å²) in [5, 5.41) is 0.185.